The summed E-state index contributed by atoms with van der Waals surface area (Å²) < 4.78 is 0. The molecule has 1 aromatic carbocycles. The Balaban J connectivity index is 1.45. The van der Waals surface area contributed by atoms with E-state index in [0.29, 0.717) is 6.42 Å². The zero-order chi connectivity index (χ0) is 21.2. The van der Waals surface area contributed by atoms with Gasteiger partial charge in [-0.3, -0.25) is 9.78 Å². The van der Waals surface area contributed by atoms with E-state index < -0.39 is 0 Å². The molecule has 0 saturated heterocycles. The van der Waals surface area contributed by atoms with Gasteiger partial charge in [0.2, 0.25) is 5.91 Å². The highest BCUT2D eigenvalue weighted by Crippen LogP contribution is 2.31. The van der Waals surface area contributed by atoms with E-state index in [9.17, 15) is 4.79 Å². The number of amides is 1. The summed E-state index contributed by atoms with van der Waals surface area (Å²) in [5.41, 5.74) is 5.81. The highest BCUT2D eigenvalue weighted by molar-refractivity contribution is 5.96. The Morgan fingerprint density at radius 1 is 0.933 bits per heavy atom. The molecule has 2 heterocycles. The lowest BCUT2D eigenvalue weighted by Gasteiger charge is -2.26. The molecule has 4 heteroatoms. The summed E-state index contributed by atoms with van der Waals surface area (Å²) in [7, 11) is 1.86. The van der Waals surface area contributed by atoms with E-state index in [0.717, 1.165) is 30.8 Å². The minimum absolute atomic E-state index is 0.196. The molecule has 0 atom stereocenters. The van der Waals surface area contributed by atoms with Gasteiger partial charge in [0.15, 0.2) is 0 Å². The van der Waals surface area contributed by atoms with Crippen molar-refractivity contribution < 1.29 is 4.79 Å². The van der Waals surface area contributed by atoms with Crippen molar-refractivity contribution in [2.75, 3.05) is 18.5 Å². The average Bonchev–Trinajstić information content (AvgIpc) is 2.77. The third-order valence-corrected chi connectivity index (χ3v) is 6.09. The Morgan fingerprint density at radius 2 is 1.70 bits per heavy atom. The number of aromatic nitrogens is 1. The smallest absolute Gasteiger partial charge is 0.227 e. The predicted octanol–water partition coefficient (Wildman–Crippen LogP) is 5.89. The molecule has 0 aliphatic carbocycles. The molecule has 3 rings (SSSR count). The van der Waals surface area contributed by atoms with Gasteiger partial charge in [0.1, 0.15) is 0 Å². The van der Waals surface area contributed by atoms with Gasteiger partial charge in [-0.15, -0.1) is 0 Å². The highest BCUT2D eigenvalue weighted by atomic mass is 16.2. The van der Waals surface area contributed by atoms with Crippen LogP contribution in [0.5, 0.6) is 0 Å². The molecule has 1 aliphatic rings. The SMILES string of the molecule is CCCCCCCCCCNCc1cncc(-c2ccc3c(c2)CCC(=O)N3C)c1. The molecular formula is C26H37N3O. The van der Waals surface area contributed by atoms with E-state index >= 15 is 0 Å². The molecule has 162 valence electrons. The number of pyridine rings is 1. The average molecular weight is 408 g/mol. The van der Waals surface area contributed by atoms with Crippen LogP contribution in [0.1, 0.15) is 75.8 Å². The lowest BCUT2D eigenvalue weighted by Crippen LogP contribution is -2.30. The number of anilines is 1. The van der Waals surface area contributed by atoms with Crippen molar-refractivity contribution in [2.24, 2.45) is 0 Å². The number of fused-ring (bicyclic) bond motifs is 1. The maximum Gasteiger partial charge on any atom is 0.227 e. The van der Waals surface area contributed by atoms with Crippen molar-refractivity contribution in [1.82, 2.24) is 10.3 Å². The maximum absolute atomic E-state index is 11.9. The number of hydrogen-bond donors (Lipinski definition) is 1. The van der Waals surface area contributed by atoms with Crippen molar-refractivity contribution in [2.45, 2.75) is 77.7 Å². The Labute approximate surface area is 182 Å². The van der Waals surface area contributed by atoms with Crippen molar-refractivity contribution in [3.8, 4) is 11.1 Å². The van der Waals surface area contributed by atoms with Crippen LogP contribution in [0.3, 0.4) is 0 Å². The Morgan fingerprint density at radius 3 is 2.50 bits per heavy atom. The zero-order valence-electron chi connectivity index (χ0n) is 18.8. The summed E-state index contributed by atoms with van der Waals surface area (Å²) in [5, 5.41) is 3.57. The van der Waals surface area contributed by atoms with Gasteiger partial charge in [-0.1, -0.05) is 57.9 Å². The van der Waals surface area contributed by atoms with Crippen LogP contribution in [0.4, 0.5) is 5.69 Å². The van der Waals surface area contributed by atoms with Crippen molar-refractivity contribution in [3.05, 3.63) is 47.8 Å². The number of unbranched alkanes of at least 4 members (excludes halogenated alkanes) is 7. The fraction of sp³-hybridized carbons (Fsp3) is 0.538. The van der Waals surface area contributed by atoms with Crippen molar-refractivity contribution in [1.29, 1.82) is 0 Å². The summed E-state index contributed by atoms with van der Waals surface area (Å²) in [6.45, 7) is 4.20. The lowest BCUT2D eigenvalue weighted by molar-refractivity contribution is -0.118. The number of aryl methyl sites for hydroxylation is 1. The van der Waals surface area contributed by atoms with E-state index in [-0.39, 0.29) is 5.91 Å². The zero-order valence-corrected chi connectivity index (χ0v) is 18.8. The van der Waals surface area contributed by atoms with Gasteiger partial charge in [-0.2, -0.15) is 0 Å². The first kappa shape index (κ1) is 22.5. The first-order valence-corrected chi connectivity index (χ1v) is 11.7. The second kappa shape index (κ2) is 11.8. The molecule has 1 aliphatic heterocycles. The molecule has 0 fully saturated rings. The van der Waals surface area contributed by atoms with Gasteiger partial charge < -0.3 is 10.2 Å². The molecule has 0 saturated carbocycles. The number of nitrogens with one attached hydrogen (secondary N) is 1. The molecule has 1 aromatic heterocycles. The van der Waals surface area contributed by atoms with E-state index in [4.69, 9.17) is 0 Å². The van der Waals surface area contributed by atoms with Gasteiger partial charge in [0.25, 0.3) is 0 Å². The van der Waals surface area contributed by atoms with E-state index in [2.05, 4.69) is 41.5 Å². The summed E-state index contributed by atoms with van der Waals surface area (Å²) in [5.74, 6) is 0.196. The van der Waals surface area contributed by atoms with Crippen LogP contribution >= 0.6 is 0 Å². The van der Waals surface area contributed by atoms with Gasteiger partial charge in [0, 0.05) is 43.7 Å². The predicted molar refractivity (Wildman–Crippen MR) is 126 cm³/mol. The fourth-order valence-electron chi connectivity index (χ4n) is 4.19. The summed E-state index contributed by atoms with van der Waals surface area (Å²) in [6, 6.07) is 8.61. The second-order valence-corrected chi connectivity index (χ2v) is 8.53. The Kier molecular flexibility index (Phi) is 8.88. The number of benzene rings is 1. The third kappa shape index (κ3) is 6.40. The molecule has 2 aromatic rings. The molecule has 0 unspecified atom stereocenters. The van der Waals surface area contributed by atoms with Crippen LogP contribution in [0.2, 0.25) is 0 Å². The van der Waals surface area contributed by atoms with Crippen LogP contribution in [0.15, 0.2) is 36.7 Å². The molecule has 0 spiro atoms. The van der Waals surface area contributed by atoms with Crippen LogP contribution in [-0.2, 0) is 17.8 Å². The lowest BCUT2D eigenvalue weighted by atomic mass is 9.96. The number of carbonyl (C=O) groups excluding carboxylic acids is 1. The van der Waals surface area contributed by atoms with Gasteiger partial charge in [-0.05, 0) is 54.3 Å². The quantitative estimate of drug-likeness (QED) is 0.446. The number of carbonyl (C=O) groups is 1. The summed E-state index contributed by atoms with van der Waals surface area (Å²) >= 11 is 0. The minimum atomic E-state index is 0.196. The Bertz CT molecular complexity index is 818. The van der Waals surface area contributed by atoms with Crippen LogP contribution in [0, 0.1) is 0 Å². The van der Waals surface area contributed by atoms with Crippen LogP contribution < -0.4 is 10.2 Å². The number of rotatable bonds is 12. The standard InChI is InChI=1S/C26H37N3O/c1-3-4-5-6-7-8-9-10-15-27-18-21-16-24(20-28-19-21)22-11-13-25-23(17-22)12-14-26(30)29(25)2/h11,13,16-17,19-20,27H,3-10,12,14-15,18H2,1-2H3. The number of nitrogens with zero attached hydrogens (tertiary/aromatic N) is 2. The van der Waals surface area contributed by atoms with Crippen molar-refractivity contribution in [3.63, 3.8) is 0 Å². The topological polar surface area (TPSA) is 45.2 Å². The highest BCUT2D eigenvalue weighted by Gasteiger charge is 2.20. The van der Waals surface area contributed by atoms with E-state index in [1.807, 2.05) is 19.4 Å². The van der Waals surface area contributed by atoms with E-state index in [1.165, 1.54) is 68.1 Å². The summed E-state index contributed by atoms with van der Waals surface area (Å²) in [4.78, 5) is 18.1. The second-order valence-electron chi connectivity index (χ2n) is 8.53. The minimum Gasteiger partial charge on any atom is -0.315 e. The molecular weight excluding hydrogens is 370 g/mol. The molecule has 1 amide bonds. The van der Waals surface area contributed by atoms with Gasteiger partial charge >= 0.3 is 0 Å². The Hall–Kier alpha value is -2.20. The van der Waals surface area contributed by atoms with Crippen LogP contribution in [-0.4, -0.2) is 24.5 Å². The maximum atomic E-state index is 11.9. The van der Waals surface area contributed by atoms with Crippen molar-refractivity contribution >= 4 is 11.6 Å². The van der Waals surface area contributed by atoms with Gasteiger partial charge in [0.05, 0.1) is 0 Å². The molecule has 1 N–H and O–H groups in total. The van der Waals surface area contributed by atoms with Gasteiger partial charge in [-0.25, -0.2) is 0 Å². The molecule has 0 radical (unpaired) electrons. The fourth-order valence-corrected chi connectivity index (χ4v) is 4.19. The normalized spacial score (nSPS) is 13.5. The third-order valence-electron chi connectivity index (χ3n) is 6.09. The first-order chi connectivity index (χ1) is 14.7. The molecule has 0 bridgehead atoms. The van der Waals surface area contributed by atoms with Crippen LogP contribution in [0.25, 0.3) is 11.1 Å². The first-order valence-electron chi connectivity index (χ1n) is 11.7. The monoisotopic (exact) mass is 407 g/mol. The molecule has 30 heavy (non-hydrogen) atoms. The molecule has 4 nitrogen and oxygen atoms in total. The summed E-state index contributed by atoms with van der Waals surface area (Å²) in [6.07, 6.45) is 16.1. The largest absolute Gasteiger partial charge is 0.315 e. The number of hydrogen-bond acceptors (Lipinski definition) is 3. The van der Waals surface area contributed by atoms with E-state index in [1.54, 1.807) is 4.90 Å².